The molecule has 7 heteroatoms. The fourth-order valence-electron chi connectivity index (χ4n) is 3.51. The molecule has 0 saturated carbocycles. The lowest BCUT2D eigenvalue weighted by molar-refractivity contribution is 0.0977. The second-order valence-electron chi connectivity index (χ2n) is 7.12. The van der Waals surface area contributed by atoms with Gasteiger partial charge < -0.3 is 9.73 Å². The fraction of sp³-hybridized carbons (Fsp3) is 0. The molecule has 4 aromatic carbocycles. The van der Waals surface area contributed by atoms with Gasteiger partial charge >= 0.3 is 0 Å². The molecule has 0 saturated heterocycles. The monoisotopic (exact) mass is 457 g/mol. The Morgan fingerprint density at radius 2 is 1.69 bits per heavy atom. The second kappa shape index (κ2) is 8.42. The highest BCUT2D eigenvalue weighted by molar-refractivity contribution is 7.80. The van der Waals surface area contributed by atoms with E-state index in [2.05, 4.69) is 15.6 Å². The summed E-state index contributed by atoms with van der Waals surface area (Å²) in [6.07, 6.45) is 0. The molecule has 0 spiro atoms. The van der Waals surface area contributed by atoms with Gasteiger partial charge in [-0.05, 0) is 60.1 Å². The highest BCUT2D eigenvalue weighted by atomic mass is 35.5. The van der Waals surface area contributed by atoms with Crippen LogP contribution in [0.1, 0.15) is 10.4 Å². The SMILES string of the molecule is O=C(NC(=S)Nc1ccc2oc(-c3cccc4c(Cl)cccc34)nc2c1)c1ccccc1. The van der Waals surface area contributed by atoms with Crippen molar-refractivity contribution in [2.75, 3.05) is 5.32 Å². The van der Waals surface area contributed by atoms with Gasteiger partial charge in [0.1, 0.15) is 5.52 Å². The number of halogens is 1. The molecular formula is C25H16ClN3O2S. The predicted molar refractivity (Wildman–Crippen MR) is 132 cm³/mol. The fourth-order valence-corrected chi connectivity index (χ4v) is 3.95. The number of aromatic nitrogens is 1. The number of hydrogen-bond donors (Lipinski definition) is 2. The van der Waals surface area contributed by atoms with Crippen molar-refractivity contribution in [2.45, 2.75) is 0 Å². The Morgan fingerprint density at radius 1 is 0.906 bits per heavy atom. The van der Waals surface area contributed by atoms with Crippen LogP contribution in [0.15, 0.2) is 89.3 Å². The largest absolute Gasteiger partial charge is 0.436 e. The van der Waals surface area contributed by atoms with Crippen molar-refractivity contribution in [1.82, 2.24) is 10.3 Å². The van der Waals surface area contributed by atoms with Crippen LogP contribution in [0.3, 0.4) is 0 Å². The van der Waals surface area contributed by atoms with E-state index in [0.29, 0.717) is 33.3 Å². The first-order valence-corrected chi connectivity index (χ1v) is 10.6. The van der Waals surface area contributed by atoms with Gasteiger partial charge in [0.25, 0.3) is 5.91 Å². The molecule has 0 unspecified atom stereocenters. The molecule has 0 bridgehead atoms. The number of nitrogens with one attached hydrogen (secondary N) is 2. The van der Waals surface area contributed by atoms with Crippen molar-refractivity contribution < 1.29 is 9.21 Å². The zero-order valence-electron chi connectivity index (χ0n) is 16.6. The van der Waals surface area contributed by atoms with Crippen molar-refractivity contribution in [1.29, 1.82) is 0 Å². The first-order valence-electron chi connectivity index (χ1n) is 9.84. The standard InChI is InChI=1S/C25H16ClN3O2S/c26-20-11-5-8-17-18(20)9-4-10-19(17)24-28-21-14-16(12-13-22(21)31-24)27-25(32)29-23(30)15-6-2-1-3-7-15/h1-14H,(H2,27,29,30,32). The van der Waals surface area contributed by atoms with E-state index in [0.717, 1.165) is 16.3 Å². The van der Waals surface area contributed by atoms with E-state index in [4.69, 9.17) is 28.2 Å². The van der Waals surface area contributed by atoms with Crippen molar-refractivity contribution in [3.8, 4) is 11.5 Å². The number of nitrogens with zero attached hydrogens (tertiary/aromatic N) is 1. The van der Waals surface area contributed by atoms with Crippen molar-refractivity contribution in [2.24, 2.45) is 0 Å². The molecule has 0 aliphatic rings. The molecule has 5 nitrogen and oxygen atoms in total. The van der Waals surface area contributed by atoms with Crippen LogP contribution in [-0.2, 0) is 0 Å². The van der Waals surface area contributed by atoms with Crippen LogP contribution in [0.5, 0.6) is 0 Å². The summed E-state index contributed by atoms with van der Waals surface area (Å²) in [5.74, 6) is 0.229. The topological polar surface area (TPSA) is 67.2 Å². The highest BCUT2D eigenvalue weighted by Crippen LogP contribution is 2.33. The van der Waals surface area contributed by atoms with Crippen LogP contribution in [0.2, 0.25) is 5.02 Å². The number of rotatable bonds is 3. The van der Waals surface area contributed by atoms with E-state index >= 15 is 0 Å². The summed E-state index contributed by atoms with van der Waals surface area (Å²) in [6.45, 7) is 0. The molecule has 156 valence electrons. The molecule has 0 fully saturated rings. The van der Waals surface area contributed by atoms with E-state index in [1.165, 1.54) is 0 Å². The van der Waals surface area contributed by atoms with Gasteiger partial charge in [0, 0.05) is 27.2 Å². The summed E-state index contributed by atoms with van der Waals surface area (Å²) in [4.78, 5) is 16.9. The third-order valence-corrected chi connectivity index (χ3v) is 5.54. The molecule has 0 aliphatic carbocycles. The number of oxazole rings is 1. The van der Waals surface area contributed by atoms with Crippen molar-refractivity contribution >= 4 is 62.4 Å². The molecule has 1 aromatic heterocycles. The van der Waals surface area contributed by atoms with E-state index in [1.807, 2.05) is 60.7 Å². The van der Waals surface area contributed by atoms with Crippen LogP contribution < -0.4 is 10.6 Å². The Morgan fingerprint density at radius 3 is 2.53 bits per heavy atom. The normalized spacial score (nSPS) is 10.9. The first kappa shape index (κ1) is 20.2. The molecule has 0 radical (unpaired) electrons. The molecule has 5 rings (SSSR count). The summed E-state index contributed by atoms with van der Waals surface area (Å²) >= 11 is 11.6. The lowest BCUT2D eigenvalue weighted by atomic mass is 10.0. The summed E-state index contributed by atoms with van der Waals surface area (Å²) in [5, 5.41) is 8.48. The van der Waals surface area contributed by atoms with Gasteiger partial charge in [-0.15, -0.1) is 0 Å². The Bertz CT molecular complexity index is 1480. The zero-order chi connectivity index (χ0) is 22.1. The van der Waals surface area contributed by atoms with Crippen molar-refractivity contribution in [3.05, 3.63) is 95.5 Å². The van der Waals surface area contributed by atoms with E-state index in [-0.39, 0.29) is 11.0 Å². The van der Waals surface area contributed by atoms with E-state index in [1.54, 1.807) is 24.3 Å². The molecule has 2 N–H and O–H groups in total. The number of carbonyl (C=O) groups excluding carboxylic acids is 1. The van der Waals surface area contributed by atoms with Gasteiger partial charge in [0.2, 0.25) is 5.89 Å². The molecular weight excluding hydrogens is 442 g/mol. The quantitative estimate of drug-likeness (QED) is 0.306. The first-order chi connectivity index (χ1) is 15.6. The molecule has 32 heavy (non-hydrogen) atoms. The maximum atomic E-state index is 12.3. The molecule has 1 amide bonds. The molecule has 0 aliphatic heterocycles. The van der Waals surface area contributed by atoms with E-state index in [9.17, 15) is 4.79 Å². The molecule has 0 atom stereocenters. The van der Waals surface area contributed by atoms with Crippen LogP contribution >= 0.6 is 23.8 Å². The van der Waals surface area contributed by atoms with Crippen LogP contribution in [-0.4, -0.2) is 16.0 Å². The number of carbonyl (C=O) groups is 1. The summed E-state index contributed by atoms with van der Waals surface area (Å²) in [7, 11) is 0. The maximum absolute atomic E-state index is 12.3. The van der Waals surface area contributed by atoms with Gasteiger partial charge in [-0.2, -0.15) is 0 Å². The number of fused-ring (bicyclic) bond motifs is 2. The highest BCUT2D eigenvalue weighted by Gasteiger charge is 2.13. The third-order valence-electron chi connectivity index (χ3n) is 5.01. The van der Waals surface area contributed by atoms with Crippen LogP contribution in [0.4, 0.5) is 5.69 Å². The Hall–Kier alpha value is -3.74. The Labute approximate surface area is 194 Å². The van der Waals surface area contributed by atoms with Crippen LogP contribution in [0, 0.1) is 0 Å². The predicted octanol–water partition coefficient (Wildman–Crippen LogP) is 6.43. The lowest BCUT2D eigenvalue weighted by Crippen LogP contribution is -2.34. The molecule has 5 aromatic rings. The van der Waals surface area contributed by atoms with Crippen molar-refractivity contribution in [3.63, 3.8) is 0 Å². The Balaban J connectivity index is 1.40. The minimum Gasteiger partial charge on any atom is -0.436 e. The third kappa shape index (κ3) is 3.93. The van der Waals surface area contributed by atoms with Gasteiger partial charge in [-0.1, -0.05) is 54.1 Å². The summed E-state index contributed by atoms with van der Waals surface area (Å²) < 4.78 is 6.00. The van der Waals surface area contributed by atoms with Gasteiger partial charge in [-0.25, -0.2) is 4.98 Å². The maximum Gasteiger partial charge on any atom is 0.257 e. The summed E-state index contributed by atoms with van der Waals surface area (Å²) in [5.41, 5.74) is 3.39. The average molecular weight is 458 g/mol. The number of thiocarbonyl (C=S) groups is 1. The number of amides is 1. The van der Waals surface area contributed by atoms with Gasteiger partial charge in [0.05, 0.1) is 0 Å². The summed E-state index contributed by atoms with van der Waals surface area (Å²) in [6, 6.07) is 26.0. The Kier molecular flexibility index (Phi) is 5.31. The number of anilines is 1. The second-order valence-corrected chi connectivity index (χ2v) is 7.93. The van der Waals surface area contributed by atoms with E-state index < -0.39 is 0 Å². The zero-order valence-corrected chi connectivity index (χ0v) is 18.2. The number of hydrogen-bond acceptors (Lipinski definition) is 4. The molecule has 1 heterocycles. The number of benzene rings is 4. The lowest BCUT2D eigenvalue weighted by Gasteiger charge is -2.09. The average Bonchev–Trinajstić information content (AvgIpc) is 3.23. The van der Waals surface area contributed by atoms with Crippen LogP contribution in [0.25, 0.3) is 33.3 Å². The minimum atomic E-state index is -0.275. The minimum absolute atomic E-state index is 0.200. The smallest absolute Gasteiger partial charge is 0.257 e. The van der Waals surface area contributed by atoms with Gasteiger partial charge in [0.15, 0.2) is 10.7 Å². The van der Waals surface area contributed by atoms with Gasteiger partial charge in [-0.3, -0.25) is 10.1 Å².